The van der Waals surface area contributed by atoms with E-state index < -0.39 is 0 Å². The number of hydrogen-bond acceptors (Lipinski definition) is 3. The minimum atomic E-state index is 0.261. The van der Waals surface area contributed by atoms with Crippen LogP contribution in [0.5, 0.6) is 0 Å². The average Bonchev–Trinajstić information content (AvgIpc) is 2.55. The number of nitrogens with one attached hydrogen (secondary N) is 1. The highest BCUT2D eigenvalue weighted by atomic mass is 35.5. The summed E-state index contributed by atoms with van der Waals surface area (Å²) in [5.41, 5.74) is 0. The molecule has 0 radical (unpaired) electrons. The monoisotopic (exact) mass is 169 g/mol. The van der Waals surface area contributed by atoms with Crippen molar-refractivity contribution in [3.05, 3.63) is 23.7 Å². The van der Waals surface area contributed by atoms with Crippen LogP contribution in [0.25, 0.3) is 11.6 Å². The standard InChI is InChI=1S/C6H4ClN3O/c7-6-8-5(9-10-6)4-2-1-3-11-4/h1-3H,(H,8,9,10). The molecule has 0 aromatic carbocycles. The summed E-state index contributed by atoms with van der Waals surface area (Å²) in [5, 5.41) is 6.56. The van der Waals surface area contributed by atoms with Crippen molar-refractivity contribution in [3.8, 4) is 11.6 Å². The Bertz CT molecular complexity index is 340. The van der Waals surface area contributed by atoms with E-state index in [1.54, 1.807) is 18.4 Å². The SMILES string of the molecule is Clc1nc(-c2ccco2)n[nH]1. The second-order valence-electron chi connectivity index (χ2n) is 1.93. The van der Waals surface area contributed by atoms with E-state index >= 15 is 0 Å². The van der Waals surface area contributed by atoms with Crippen molar-refractivity contribution in [3.63, 3.8) is 0 Å². The van der Waals surface area contributed by atoms with Crippen molar-refractivity contribution in [2.45, 2.75) is 0 Å². The Kier molecular flexibility index (Phi) is 1.40. The molecule has 5 heteroatoms. The third-order valence-electron chi connectivity index (χ3n) is 1.20. The molecule has 2 aromatic rings. The quantitative estimate of drug-likeness (QED) is 0.707. The van der Waals surface area contributed by atoms with Gasteiger partial charge in [-0.2, -0.15) is 4.98 Å². The number of H-pyrrole nitrogens is 1. The Morgan fingerprint density at radius 1 is 1.55 bits per heavy atom. The predicted molar refractivity (Wildman–Crippen MR) is 39.1 cm³/mol. The zero-order chi connectivity index (χ0) is 7.68. The molecule has 0 atom stereocenters. The van der Waals surface area contributed by atoms with Gasteiger partial charge in [-0.15, -0.1) is 5.10 Å². The van der Waals surface area contributed by atoms with Gasteiger partial charge in [0.05, 0.1) is 6.26 Å². The van der Waals surface area contributed by atoms with Gasteiger partial charge in [-0.3, -0.25) is 0 Å². The van der Waals surface area contributed by atoms with Crippen molar-refractivity contribution in [2.75, 3.05) is 0 Å². The number of nitrogens with zero attached hydrogens (tertiary/aromatic N) is 2. The predicted octanol–water partition coefficient (Wildman–Crippen LogP) is 1.72. The highest BCUT2D eigenvalue weighted by molar-refractivity contribution is 6.28. The van der Waals surface area contributed by atoms with Crippen molar-refractivity contribution in [1.29, 1.82) is 0 Å². The maximum Gasteiger partial charge on any atom is 0.218 e. The van der Waals surface area contributed by atoms with E-state index in [0.717, 1.165) is 0 Å². The molecule has 2 rings (SSSR count). The molecule has 0 spiro atoms. The summed E-state index contributed by atoms with van der Waals surface area (Å²) in [6, 6.07) is 3.53. The van der Waals surface area contributed by atoms with Crippen LogP contribution in [0.3, 0.4) is 0 Å². The van der Waals surface area contributed by atoms with Gasteiger partial charge in [-0.25, -0.2) is 5.10 Å². The third-order valence-corrected chi connectivity index (χ3v) is 1.37. The molecule has 0 aliphatic heterocycles. The van der Waals surface area contributed by atoms with E-state index in [-0.39, 0.29) is 5.28 Å². The van der Waals surface area contributed by atoms with E-state index in [9.17, 15) is 0 Å². The lowest BCUT2D eigenvalue weighted by Gasteiger charge is -1.82. The van der Waals surface area contributed by atoms with Gasteiger partial charge in [0.15, 0.2) is 5.76 Å². The van der Waals surface area contributed by atoms with Crippen molar-refractivity contribution < 1.29 is 4.42 Å². The van der Waals surface area contributed by atoms with Crippen molar-refractivity contribution in [2.24, 2.45) is 0 Å². The summed E-state index contributed by atoms with van der Waals surface area (Å²) < 4.78 is 5.03. The molecule has 0 unspecified atom stereocenters. The van der Waals surface area contributed by atoms with E-state index in [4.69, 9.17) is 16.0 Å². The largest absolute Gasteiger partial charge is 0.461 e. The fraction of sp³-hybridized carbons (Fsp3) is 0. The van der Waals surface area contributed by atoms with Gasteiger partial charge in [0.25, 0.3) is 0 Å². The molecule has 0 bridgehead atoms. The smallest absolute Gasteiger partial charge is 0.218 e. The van der Waals surface area contributed by atoms with Crippen LogP contribution < -0.4 is 0 Å². The second-order valence-corrected chi connectivity index (χ2v) is 2.29. The molecule has 56 valence electrons. The van der Waals surface area contributed by atoms with Gasteiger partial charge >= 0.3 is 0 Å². The summed E-state index contributed by atoms with van der Waals surface area (Å²) in [4.78, 5) is 3.86. The average molecular weight is 170 g/mol. The van der Waals surface area contributed by atoms with Crippen LogP contribution in [0.2, 0.25) is 5.28 Å². The van der Waals surface area contributed by atoms with E-state index in [0.29, 0.717) is 11.6 Å². The van der Waals surface area contributed by atoms with Crippen LogP contribution in [-0.2, 0) is 0 Å². The Morgan fingerprint density at radius 3 is 3.00 bits per heavy atom. The number of hydrogen-bond donors (Lipinski definition) is 1. The van der Waals surface area contributed by atoms with Crippen LogP contribution in [-0.4, -0.2) is 15.2 Å². The molecule has 0 amide bonds. The number of aromatic amines is 1. The molecule has 2 aromatic heterocycles. The van der Waals surface area contributed by atoms with Crippen LogP contribution >= 0.6 is 11.6 Å². The molecular weight excluding hydrogens is 166 g/mol. The minimum Gasteiger partial charge on any atom is -0.461 e. The molecule has 1 N–H and O–H groups in total. The summed E-state index contributed by atoms with van der Waals surface area (Å²) in [7, 11) is 0. The van der Waals surface area contributed by atoms with Gasteiger partial charge in [0, 0.05) is 0 Å². The Balaban J connectivity index is 2.45. The van der Waals surface area contributed by atoms with E-state index in [1.165, 1.54) is 0 Å². The van der Waals surface area contributed by atoms with Crippen LogP contribution in [0.15, 0.2) is 22.8 Å². The molecular formula is C6H4ClN3O. The highest BCUT2D eigenvalue weighted by Crippen LogP contribution is 2.15. The van der Waals surface area contributed by atoms with Gasteiger partial charge in [-0.1, -0.05) is 0 Å². The highest BCUT2D eigenvalue weighted by Gasteiger charge is 2.05. The van der Waals surface area contributed by atoms with Crippen LogP contribution in [0, 0.1) is 0 Å². The maximum atomic E-state index is 5.51. The molecule has 0 fully saturated rings. The first-order chi connectivity index (χ1) is 5.36. The Labute approximate surface area is 67.2 Å². The zero-order valence-electron chi connectivity index (χ0n) is 5.41. The third kappa shape index (κ3) is 1.12. The number of aromatic nitrogens is 3. The fourth-order valence-electron chi connectivity index (χ4n) is 0.758. The number of halogens is 1. The molecule has 0 saturated heterocycles. The van der Waals surface area contributed by atoms with Gasteiger partial charge in [0.1, 0.15) is 0 Å². The lowest BCUT2D eigenvalue weighted by Crippen LogP contribution is -1.74. The topological polar surface area (TPSA) is 54.7 Å². The molecule has 11 heavy (non-hydrogen) atoms. The Hall–Kier alpha value is -1.29. The molecule has 0 aliphatic rings. The first kappa shape index (κ1) is 6.42. The van der Waals surface area contributed by atoms with E-state index in [1.807, 2.05) is 0 Å². The minimum absolute atomic E-state index is 0.261. The van der Waals surface area contributed by atoms with Crippen LogP contribution in [0.1, 0.15) is 0 Å². The normalized spacial score (nSPS) is 10.3. The molecule has 0 saturated carbocycles. The summed E-state index contributed by atoms with van der Waals surface area (Å²) >= 11 is 5.51. The summed E-state index contributed by atoms with van der Waals surface area (Å²) in [5.74, 6) is 1.08. The molecule has 0 aliphatic carbocycles. The van der Waals surface area contributed by atoms with Crippen molar-refractivity contribution in [1.82, 2.24) is 15.2 Å². The molecule has 2 heterocycles. The first-order valence-electron chi connectivity index (χ1n) is 2.98. The lowest BCUT2D eigenvalue weighted by atomic mass is 10.4. The van der Waals surface area contributed by atoms with Crippen molar-refractivity contribution >= 4 is 11.6 Å². The number of rotatable bonds is 1. The fourth-order valence-corrected chi connectivity index (χ4v) is 0.880. The van der Waals surface area contributed by atoms with Gasteiger partial charge in [0.2, 0.25) is 11.1 Å². The zero-order valence-corrected chi connectivity index (χ0v) is 6.17. The maximum absolute atomic E-state index is 5.51. The lowest BCUT2D eigenvalue weighted by molar-refractivity contribution is 0.577. The summed E-state index contributed by atoms with van der Waals surface area (Å²) in [6.07, 6.45) is 1.56. The first-order valence-corrected chi connectivity index (χ1v) is 3.36. The van der Waals surface area contributed by atoms with E-state index in [2.05, 4.69) is 15.2 Å². The van der Waals surface area contributed by atoms with Gasteiger partial charge in [-0.05, 0) is 23.7 Å². The molecule has 4 nitrogen and oxygen atoms in total. The van der Waals surface area contributed by atoms with Gasteiger partial charge < -0.3 is 4.42 Å². The summed E-state index contributed by atoms with van der Waals surface area (Å²) in [6.45, 7) is 0. The Morgan fingerprint density at radius 2 is 2.45 bits per heavy atom. The van der Waals surface area contributed by atoms with Crippen LogP contribution in [0.4, 0.5) is 0 Å². The second kappa shape index (κ2) is 2.39. The number of furan rings is 1.